The molecule has 2 nitrogen and oxygen atoms in total. The Balaban J connectivity index is 1.68. The van der Waals surface area contributed by atoms with Gasteiger partial charge in [0, 0.05) is 0 Å². The molecule has 0 amide bonds. The predicted octanol–water partition coefficient (Wildman–Crippen LogP) is 3.91. The number of fused-ring (bicyclic) bond motifs is 5. The first-order chi connectivity index (χ1) is 10.1. The molecule has 2 fully saturated rings. The molecule has 4 rings (SSSR count). The minimum Gasteiger partial charge on any atom is -0.497 e. The van der Waals surface area contributed by atoms with Crippen LogP contribution in [-0.4, -0.2) is 18.3 Å². The Hall–Kier alpha value is -1.02. The number of benzene rings is 1. The molecule has 0 radical (unpaired) electrons. The van der Waals surface area contributed by atoms with Crippen LogP contribution in [0.25, 0.3) is 0 Å². The molecule has 0 spiro atoms. The minimum atomic E-state index is -0.0592. The third-order valence-electron chi connectivity index (χ3n) is 6.68. The molecule has 2 saturated carbocycles. The first-order valence-corrected chi connectivity index (χ1v) is 8.45. The second-order valence-corrected chi connectivity index (χ2v) is 7.77. The van der Waals surface area contributed by atoms with Crippen molar-refractivity contribution in [2.24, 2.45) is 17.3 Å². The van der Waals surface area contributed by atoms with Gasteiger partial charge in [-0.15, -0.1) is 0 Å². The van der Waals surface area contributed by atoms with E-state index in [0.29, 0.717) is 11.3 Å². The molecule has 0 unspecified atom stereocenters. The van der Waals surface area contributed by atoms with Crippen LogP contribution in [0.3, 0.4) is 0 Å². The van der Waals surface area contributed by atoms with Gasteiger partial charge in [0.15, 0.2) is 0 Å². The molecule has 0 aromatic heterocycles. The SMILES string of the molecule is COc1ccc2c(c1)CC[C@@H]1[C@@H]2CC[C@]2(C)C[C@@H](O)C[C@H]12. The summed E-state index contributed by atoms with van der Waals surface area (Å²) in [7, 11) is 1.75. The Morgan fingerprint density at radius 2 is 2.14 bits per heavy atom. The van der Waals surface area contributed by atoms with Crippen molar-refractivity contribution in [1.82, 2.24) is 0 Å². The van der Waals surface area contributed by atoms with Crippen LogP contribution >= 0.6 is 0 Å². The molecule has 21 heavy (non-hydrogen) atoms. The number of rotatable bonds is 1. The molecule has 1 N–H and O–H groups in total. The van der Waals surface area contributed by atoms with E-state index in [0.717, 1.165) is 30.4 Å². The molecule has 3 aliphatic carbocycles. The molecule has 1 aromatic carbocycles. The number of methoxy groups -OCH3 is 1. The highest BCUT2D eigenvalue weighted by atomic mass is 16.5. The molecule has 0 aliphatic heterocycles. The number of ether oxygens (including phenoxy) is 1. The second-order valence-electron chi connectivity index (χ2n) is 7.77. The number of aryl methyl sites for hydroxylation is 1. The average molecular weight is 286 g/mol. The quantitative estimate of drug-likeness (QED) is 0.848. The van der Waals surface area contributed by atoms with E-state index < -0.39 is 0 Å². The fraction of sp³-hybridized carbons (Fsp3) is 0.684. The van der Waals surface area contributed by atoms with Crippen molar-refractivity contribution in [2.75, 3.05) is 7.11 Å². The molecule has 0 bridgehead atoms. The third-order valence-corrected chi connectivity index (χ3v) is 6.68. The van der Waals surface area contributed by atoms with Crippen LogP contribution in [0.15, 0.2) is 18.2 Å². The zero-order chi connectivity index (χ0) is 14.6. The van der Waals surface area contributed by atoms with E-state index in [2.05, 4.69) is 25.1 Å². The monoisotopic (exact) mass is 286 g/mol. The molecule has 5 atom stereocenters. The van der Waals surface area contributed by atoms with Gasteiger partial charge in [-0.05, 0) is 85.0 Å². The van der Waals surface area contributed by atoms with Gasteiger partial charge in [-0.2, -0.15) is 0 Å². The fourth-order valence-corrected chi connectivity index (χ4v) is 5.71. The van der Waals surface area contributed by atoms with Crippen LogP contribution in [0.5, 0.6) is 5.75 Å². The summed E-state index contributed by atoms with van der Waals surface area (Å²) in [5, 5.41) is 10.2. The van der Waals surface area contributed by atoms with Crippen molar-refractivity contribution in [2.45, 2.75) is 57.5 Å². The first-order valence-electron chi connectivity index (χ1n) is 8.45. The van der Waals surface area contributed by atoms with Crippen molar-refractivity contribution in [1.29, 1.82) is 0 Å². The number of hydrogen-bond donors (Lipinski definition) is 1. The van der Waals surface area contributed by atoms with Crippen molar-refractivity contribution in [3.8, 4) is 5.75 Å². The van der Waals surface area contributed by atoms with Gasteiger partial charge >= 0.3 is 0 Å². The van der Waals surface area contributed by atoms with E-state index in [4.69, 9.17) is 4.74 Å². The van der Waals surface area contributed by atoms with Crippen LogP contribution in [-0.2, 0) is 6.42 Å². The fourth-order valence-electron chi connectivity index (χ4n) is 5.71. The number of hydrogen-bond acceptors (Lipinski definition) is 2. The van der Waals surface area contributed by atoms with Gasteiger partial charge in [0.2, 0.25) is 0 Å². The lowest BCUT2D eigenvalue weighted by atomic mass is 9.56. The van der Waals surface area contributed by atoms with E-state index >= 15 is 0 Å². The Kier molecular flexibility index (Phi) is 3.08. The second kappa shape index (κ2) is 4.74. The highest BCUT2D eigenvalue weighted by Gasteiger charge is 2.52. The van der Waals surface area contributed by atoms with Crippen molar-refractivity contribution in [3.05, 3.63) is 29.3 Å². The maximum absolute atomic E-state index is 10.2. The normalized spacial score (nSPS) is 41.1. The van der Waals surface area contributed by atoms with Crippen LogP contribution in [0, 0.1) is 17.3 Å². The maximum Gasteiger partial charge on any atom is 0.119 e. The Labute approximate surface area is 127 Å². The zero-order valence-corrected chi connectivity index (χ0v) is 13.1. The third kappa shape index (κ3) is 2.03. The van der Waals surface area contributed by atoms with Gasteiger partial charge < -0.3 is 9.84 Å². The summed E-state index contributed by atoms with van der Waals surface area (Å²) < 4.78 is 5.38. The van der Waals surface area contributed by atoms with E-state index in [-0.39, 0.29) is 6.10 Å². The summed E-state index contributed by atoms with van der Waals surface area (Å²) in [5.74, 6) is 3.20. The van der Waals surface area contributed by atoms with E-state index in [1.54, 1.807) is 12.7 Å². The Morgan fingerprint density at radius 3 is 2.95 bits per heavy atom. The minimum absolute atomic E-state index is 0.0592. The molecular weight excluding hydrogens is 260 g/mol. The van der Waals surface area contributed by atoms with E-state index in [1.165, 1.54) is 31.2 Å². The average Bonchev–Trinajstić information content (AvgIpc) is 2.80. The standard InChI is InChI=1S/C19H26O2/c1-19-8-7-16-15-6-4-14(21-2)9-12(15)3-5-17(16)18(19)10-13(20)11-19/h4,6,9,13,16-18,20H,3,5,7-8,10-11H2,1-2H3/t13-,16+,17+,18+,19+/m0/s1. The van der Waals surface area contributed by atoms with Gasteiger partial charge in [0.05, 0.1) is 13.2 Å². The summed E-state index contributed by atoms with van der Waals surface area (Å²) in [4.78, 5) is 0. The summed E-state index contributed by atoms with van der Waals surface area (Å²) in [6.45, 7) is 2.42. The lowest BCUT2D eigenvalue weighted by molar-refractivity contribution is 0.0596. The van der Waals surface area contributed by atoms with Gasteiger partial charge in [-0.25, -0.2) is 0 Å². The number of aliphatic hydroxyl groups is 1. The highest BCUT2D eigenvalue weighted by molar-refractivity contribution is 5.40. The summed E-state index contributed by atoms with van der Waals surface area (Å²) in [5.41, 5.74) is 3.46. The Bertz CT molecular complexity index is 552. The van der Waals surface area contributed by atoms with Crippen LogP contribution in [0.1, 0.15) is 56.1 Å². The van der Waals surface area contributed by atoms with Crippen LogP contribution in [0.4, 0.5) is 0 Å². The summed E-state index contributed by atoms with van der Waals surface area (Å²) in [6, 6.07) is 6.67. The molecule has 0 saturated heterocycles. The van der Waals surface area contributed by atoms with Gasteiger partial charge in [0.25, 0.3) is 0 Å². The van der Waals surface area contributed by atoms with Crippen molar-refractivity contribution >= 4 is 0 Å². The molecule has 2 heteroatoms. The highest BCUT2D eigenvalue weighted by Crippen LogP contribution is 2.60. The van der Waals surface area contributed by atoms with Crippen LogP contribution < -0.4 is 4.74 Å². The predicted molar refractivity (Wildman–Crippen MR) is 83.6 cm³/mol. The molecule has 1 aromatic rings. The van der Waals surface area contributed by atoms with Gasteiger partial charge in [-0.3, -0.25) is 0 Å². The Morgan fingerprint density at radius 1 is 1.29 bits per heavy atom. The summed E-state index contributed by atoms with van der Waals surface area (Å²) in [6.07, 6.45) is 7.04. The smallest absolute Gasteiger partial charge is 0.119 e. The van der Waals surface area contributed by atoms with Crippen molar-refractivity contribution in [3.63, 3.8) is 0 Å². The van der Waals surface area contributed by atoms with Crippen LogP contribution in [0.2, 0.25) is 0 Å². The maximum atomic E-state index is 10.2. The van der Waals surface area contributed by atoms with E-state index in [1.807, 2.05) is 0 Å². The number of aliphatic hydroxyl groups excluding tert-OH is 1. The topological polar surface area (TPSA) is 29.5 Å². The zero-order valence-electron chi connectivity index (χ0n) is 13.1. The largest absolute Gasteiger partial charge is 0.497 e. The lowest BCUT2D eigenvalue weighted by Gasteiger charge is -2.49. The van der Waals surface area contributed by atoms with Gasteiger partial charge in [-0.1, -0.05) is 13.0 Å². The van der Waals surface area contributed by atoms with Gasteiger partial charge in [0.1, 0.15) is 5.75 Å². The summed E-state index contributed by atoms with van der Waals surface area (Å²) >= 11 is 0. The lowest BCUT2D eigenvalue weighted by Crippen LogP contribution is -2.39. The van der Waals surface area contributed by atoms with E-state index in [9.17, 15) is 5.11 Å². The first kappa shape index (κ1) is 13.6. The molecule has 3 aliphatic rings. The molecule has 0 heterocycles. The van der Waals surface area contributed by atoms with Crippen molar-refractivity contribution < 1.29 is 9.84 Å². The molecule has 114 valence electrons. The molecular formula is C19H26O2.